The molecule has 0 spiro atoms. The molecule has 1 amide bonds. The number of hydrogen-bond donors (Lipinski definition) is 1. The van der Waals surface area contributed by atoms with Crippen LogP contribution in [-0.2, 0) is 16.0 Å². The second-order valence-corrected chi connectivity index (χ2v) is 6.43. The first kappa shape index (κ1) is 16.8. The summed E-state index contributed by atoms with van der Waals surface area (Å²) in [6.07, 6.45) is 1.13. The Morgan fingerprint density at radius 3 is 2.58 bits per heavy atom. The highest BCUT2D eigenvalue weighted by molar-refractivity contribution is 6.37. The normalized spacial score (nSPS) is 16.2. The van der Waals surface area contributed by atoms with E-state index in [1.807, 2.05) is 24.3 Å². The Morgan fingerprint density at radius 1 is 1.12 bits per heavy atom. The lowest BCUT2D eigenvalue weighted by molar-refractivity contribution is -0.134. The quantitative estimate of drug-likeness (QED) is 0.642. The number of nitrogens with one attached hydrogen (secondary N) is 1. The van der Waals surface area contributed by atoms with Crippen molar-refractivity contribution in [3.8, 4) is 5.75 Å². The molecule has 1 atom stereocenters. The SMILES string of the molecule is O=C(CCC1Cc2ccccc2NC1=O)Oc1c(Cl)cccc1Cl. The Hall–Kier alpha value is -2.04. The van der Waals surface area contributed by atoms with Gasteiger partial charge in [0.15, 0.2) is 5.75 Å². The van der Waals surface area contributed by atoms with Crippen molar-refractivity contribution in [3.63, 3.8) is 0 Å². The summed E-state index contributed by atoms with van der Waals surface area (Å²) in [5.74, 6) is -0.632. The second-order valence-electron chi connectivity index (χ2n) is 5.61. The van der Waals surface area contributed by atoms with Gasteiger partial charge >= 0.3 is 5.97 Å². The van der Waals surface area contributed by atoms with Gasteiger partial charge in [0.1, 0.15) is 0 Å². The molecule has 6 heteroatoms. The molecule has 0 radical (unpaired) electrons. The van der Waals surface area contributed by atoms with Crippen molar-refractivity contribution < 1.29 is 14.3 Å². The Morgan fingerprint density at radius 2 is 1.83 bits per heavy atom. The number of anilines is 1. The lowest BCUT2D eigenvalue weighted by atomic mass is 9.90. The van der Waals surface area contributed by atoms with E-state index in [1.165, 1.54) is 0 Å². The molecule has 0 aliphatic carbocycles. The Balaban J connectivity index is 1.60. The highest BCUT2D eigenvalue weighted by Gasteiger charge is 2.26. The first-order valence-electron chi connectivity index (χ1n) is 7.58. The van der Waals surface area contributed by atoms with Crippen molar-refractivity contribution in [1.29, 1.82) is 0 Å². The smallest absolute Gasteiger partial charge is 0.311 e. The summed E-state index contributed by atoms with van der Waals surface area (Å²) in [6, 6.07) is 12.5. The first-order valence-corrected chi connectivity index (χ1v) is 8.33. The van der Waals surface area contributed by atoms with E-state index in [9.17, 15) is 9.59 Å². The number of carbonyl (C=O) groups is 2. The molecule has 0 saturated heterocycles. The van der Waals surface area contributed by atoms with E-state index in [0.29, 0.717) is 12.8 Å². The van der Waals surface area contributed by atoms with Crippen LogP contribution >= 0.6 is 23.2 Å². The van der Waals surface area contributed by atoms with Gasteiger partial charge in [-0.1, -0.05) is 47.5 Å². The van der Waals surface area contributed by atoms with E-state index in [-0.39, 0.29) is 34.0 Å². The minimum absolute atomic E-state index is 0.0720. The summed E-state index contributed by atoms with van der Waals surface area (Å²) < 4.78 is 5.24. The van der Waals surface area contributed by atoms with Gasteiger partial charge in [-0.2, -0.15) is 0 Å². The maximum atomic E-state index is 12.1. The van der Waals surface area contributed by atoms with Crippen molar-refractivity contribution in [2.45, 2.75) is 19.3 Å². The summed E-state index contributed by atoms with van der Waals surface area (Å²) in [6.45, 7) is 0. The summed E-state index contributed by atoms with van der Waals surface area (Å²) in [5, 5.41) is 3.42. The van der Waals surface area contributed by atoms with Crippen LogP contribution in [-0.4, -0.2) is 11.9 Å². The molecule has 3 rings (SSSR count). The zero-order valence-corrected chi connectivity index (χ0v) is 14.2. The maximum absolute atomic E-state index is 12.1. The number of para-hydroxylation sites is 2. The zero-order chi connectivity index (χ0) is 17.1. The molecule has 1 heterocycles. The minimum atomic E-state index is -0.461. The van der Waals surface area contributed by atoms with E-state index < -0.39 is 5.97 Å². The van der Waals surface area contributed by atoms with Crippen molar-refractivity contribution in [3.05, 3.63) is 58.1 Å². The van der Waals surface area contributed by atoms with Crippen LogP contribution < -0.4 is 10.1 Å². The van der Waals surface area contributed by atoms with Crippen molar-refractivity contribution in [2.24, 2.45) is 5.92 Å². The zero-order valence-electron chi connectivity index (χ0n) is 12.7. The third kappa shape index (κ3) is 3.71. The number of ether oxygens (including phenoxy) is 1. The van der Waals surface area contributed by atoms with E-state index in [2.05, 4.69) is 5.32 Å². The monoisotopic (exact) mass is 363 g/mol. The van der Waals surface area contributed by atoms with E-state index in [0.717, 1.165) is 11.3 Å². The van der Waals surface area contributed by atoms with Gasteiger partial charge in [-0.25, -0.2) is 0 Å². The molecule has 2 aromatic rings. The third-order valence-corrected chi connectivity index (χ3v) is 4.54. The van der Waals surface area contributed by atoms with Gasteiger partial charge in [0.2, 0.25) is 5.91 Å². The number of fused-ring (bicyclic) bond motifs is 1. The molecule has 1 aliphatic rings. The number of halogens is 2. The summed E-state index contributed by atoms with van der Waals surface area (Å²) in [5.41, 5.74) is 1.91. The van der Waals surface area contributed by atoms with Crippen LogP contribution in [0.15, 0.2) is 42.5 Å². The minimum Gasteiger partial charge on any atom is -0.423 e. The summed E-state index contributed by atoms with van der Waals surface area (Å²) in [7, 11) is 0. The molecule has 4 nitrogen and oxygen atoms in total. The van der Waals surface area contributed by atoms with Gasteiger partial charge in [-0.3, -0.25) is 9.59 Å². The predicted molar refractivity (Wildman–Crippen MR) is 93.6 cm³/mol. The Kier molecular flexibility index (Phi) is 5.07. The molecular weight excluding hydrogens is 349 g/mol. The molecule has 2 aromatic carbocycles. The fourth-order valence-corrected chi connectivity index (χ4v) is 3.16. The van der Waals surface area contributed by atoms with Gasteiger partial charge in [0.05, 0.1) is 10.0 Å². The number of amides is 1. The van der Waals surface area contributed by atoms with Gasteiger partial charge < -0.3 is 10.1 Å². The average molecular weight is 364 g/mol. The van der Waals surface area contributed by atoms with Crippen molar-refractivity contribution >= 4 is 40.8 Å². The molecule has 124 valence electrons. The van der Waals surface area contributed by atoms with Crippen LogP contribution in [0.2, 0.25) is 10.0 Å². The van der Waals surface area contributed by atoms with E-state index >= 15 is 0 Å². The summed E-state index contributed by atoms with van der Waals surface area (Å²) in [4.78, 5) is 24.2. The van der Waals surface area contributed by atoms with E-state index in [4.69, 9.17) is 27.9 Å². The number of benzene rings is 2. The third-order valence-electron chi connectivity index (χ3n) is 3.94. The van der Waals surface area contributed by atoms with Crippen molar-refractivity contribution in [1.82, 2.24) is 0 Å². The van der Waals surface area contributed by atoms with Crippen LogP contribution in [0.1, 0.15) is 18.4 Å². The molecule has 0 aromatic heterocycles. The predicted octanol–water partition coefficient (Wildman–Crippen LogP) is 4.49. The molecule has 1 N–H and O–H groups in total. The largest absolute Gasteiger partial charge is 0.423 e. The molecule has 1 unspecified atom stereocenters. The maximum Gasteiger partial charge on any atom is 0.311 e. The van der Waals surface area contributed by atoms with Crippen LogP contribution in [0, 0.1) is 5.92 Å². The molecule has 0 fully saturated rings. The van der Waals surface area contributed by atoms with Crippen LogP contribution in [0.25, 0.3) is 0 Å². The summed E-state index contributed by atoms with van der Waals surface area (Å²) >= 11 is 12.0. The highest BCUT2D eigenvalue weighted by Crippen LogP contribution is 2.33. The fourth-order valence-electron chi connectivity index (χ4n) is 2.68. The first-order chi connectivity index (χ1) is 11.5. The Bertz CT molecular complexity index is 771. The lowest BCUT2D eigenvalue weighted by Crippen LogP contribution is -2.30. The van der Waals surface area contributed by atoms with Gasteiger partial charge in [0, 0.05) is 18.0 Å². The fraction of sp³-hybridized carbons (Fsp3) is 0.222. The Labute approximate surface area is 149 Å². The van der Waals surface area contributed by atoms with E-state index in [1.54, 1.807) is 18.2 Å². The van der Waals surface area contributed by atoms with Crippen LogP contribution in [0.3, 0.4) is 0 Å². The molecular formula is C18H15Cl2NO3. The second kappa shape index (κ2) is 7.24. The van der Waals surface area contributed by atoms with Gasteiger partial charge in [-0.15, -0.1) is 0 Å². The molecule has 1 aliphatic heterocycles. The van der Waals surface area contributed by atoms with Crippen LogP contribution in [0.4, 0.5) is 5.69 Å². The number of hydrogen-bond acceptors (Lipinski definition) is 3. The van der Waals surface area contributed by atoms with Crippen molar-refractivity contribution in [2.75, 3.05) is 5.32 Å². The van der Waals surface area contributed by atoms with Crippen LogP contribution in [0.5, 0.6) is 5.75 Å². The lowest BCUT2D eigenvalue weighted by Gasteiger charge is -2.24. The topological polar surface area (TPSA) is 55.4 Å². The molecule has 24 heavy (non-hydrogen) atoms. The number of esters is 1. The standard InChI is InChI=1S/C18H15Cl2NO3/c19-13-5-3-6-14(20)17(13)24-16(22)9-8-12-10-11-4-1-2-7-15(11)21-18(12)23/h1-7,12H,8-10H2,(H,21,23). The number of rotatable bonds is 4. The molecule has 0 bridgehead atoms. The van der Waals surface area contributed by atoms with Gasteiger partial charge in [-0.05, 0) is 36.6 Å². The highest BCUT2D eigenvalue weighted by atomic mass is 35.5. The van der Waals surface area contributed by atoms with Gasteiger partial charge in [0.25, 0.3) is 0 Å². The number of carbonyl (C=O) groups excluding carboxylic acids is 2. The molecule has 0 saturated carbocycles. The average Bonchev–Trinajstić information content (AvgIpc) is 2.56.